The molecule has 0 bridgehead atoms. The minimum Gasteiger partial charge on any atom is -0.485 e. The van der Waals surface area contributed by atoms with E-state index in [1.54, 1.807) is 12.1 Å². The molecule has 0 spiro atoms. The number of nitrogens with zero attached hydrogens (tertiary/aromatic N) is 2. The highest BCUT2D eigenvalue weighted by Crippen LogP contribution is 2.21. The van der Waals surface area contributed by atoms with Gasteiger partial charge in [-0.05, 0) is 29.8 Å². The van der Waals surface area contributed by atoms with Gasteiger partial charge >= 0.3 is 0 Å². The molecule has 0 unspecified atom stereocenters. The predicted molar refractivity (Wildman–Crippen MR) is 98.4 cm³/mol. The Morgan fingerprint density at radius 3 is 2.79 bits per heavy atom. The summed E-state index contributed by atoms with van der Waals surface area (Å²) in [5, 5.41) is 5.82. The molecule has 2 aromatic rings. The molecule has 0 atom stereocenters. The molecule has 150 valence electrons. The summed E-state index contributed by atoms with van der Waals surface area (Å²) < 4.78 is 44.1. The first kappa shape index (κ1) is 19.9. The lowest BCUT2D eigenvalue weighted by atomic mass is 10.1. The van der Waals surface area contributed by atoms with E-state index in [0.29, 0.717) is 11.3 Å². The van der Waals surface area contributed by atoms with Crippen molar-refractivity contribution in [1.29, 1.82) is 0 Å². The fraction of sp³-hybridized carbons (Fsp3) is 0.368. The molecule has 1 fully saturated rings. The highest BCUT2D eigenvalue weighted by Gasteiger charge is 2.17. The summed E-state index contributed by atoms with van der Waals surface area (Å²) in [5.74, 6) is -0.968. The Bertz CT molecular complexity index is 814. The van der Waals surface area contributed by atoms with Crippen molar-refractivity contribution in [2.75, 3.05) is 37.7 Å². The van der Waals surface area contributed by atoms with Gasteiger partial charge in [0.15, 0.2) is 11.4 Å². The summed E-state index contributed by atoms with van der Waals surface area (Å²) in [6.07, 6.45) is -1.29. The number of aromatic nitrogens is 1. The first-order valence-electron chi connectivity index (χ1n) is 8.93. The molecule has 1 saturated heterocycles. The number of carbonyl (C=O) groups excluding carboxylic acids is 1. The van der Waals surface area contributed by atoms with Crippen molar-refractivity contribution in [2.24, 2.45) is 0 Å². The average Bonchev–Trinajstić information content (AvgIpc) is 2.71. The first-order chi connectivity index (χ1) is 13.5. The number of pyridine rings is 1. The molecule has 1 aromatic carbocycles. The number of hydrogen-bond acceptors (Lipinski definition) is 5. The lowest BCUT2D eigenvalue weighted by Gasteiger charge is -2.29. The number of piperazine rings is 1. The zero-order valence-corrected chi connectivity index (χ0v) is 15.1. The number of nitrogens with one attached hydrogen (secondary N) is 2. The molecule has 0 aliphatic carbocycles. The average molecular weight is 394 g/mol. The van der Waals surface area contributed by atoms with E-state index in [-0.39, 0.29) is 23.8 Å². The van der Waals surface area contributed by atoms with Crippen LogP contribution in [0.25, 0.3) is 0 Å². The van der Waals surface area contributed by atoms with Crippen LogP contribution in [-0.2, 0) is 6.54 Å². The molecule has 0 saturated carbocycles. The van der Waals surface area contributed by atoms with Gasteiger partial charge in [0.1, 0.15) is 12.4 Å². The van der Waals surface area contributed by atoms with Gasteiger partial charge in [-0.2, -0.15) is 0 Å². The minimum atomic E-state index is -2.66. The summed E-state index contributed by atoms with van der Waals surface area (Å²) in [7, 11) is 0. The van der Waals surface area contributed by atoms with Crippen LogP contribution in [0.3, 0.4) is 0 Å². The minimum absolute atomic E-state index is 0.0273. The summed E-state index contributed by atoms with van der Waals surface area (Å²) in [6, 6.07) is 7.70. The molecular formula is C19H21F3N4O2. The van der Waals surface area contributed by atoms with Crippen LogP contribution >= 0.6 is 0 Å². The normalized spacial score (nSPS) is 14.2. The van der Waals surface area contributed by atoms with Crippen molar-refractivity contribution in [3.8, 4) is 5.75 Å². The van der Waals surface area contributed by atoms with Gasteiger partial charge < -0.3 is 20.3 Å². The lowest BCUT2D eigenvalue weighted by Crippen LogP contribution is -2.43. The van der Waals surface area contributed by atoms with Crippen molar-refractivity contribution in [3.63, 3.8) is 0 Å². The first-order valence-corrected chi connectivity index (χ1v) is 8.93. The molecule has 1 aliphatic rings. The van der Waals surface area contributed by atoms with E-state index < -0.39 is 18.9 Å². The highest BCUT2D eigenvalue weighted by molar-refractivity contribution is 5.94. The number of ether oxygens (including phenoxy) is 1. The van der Waals surface area contributed by atoms with E-state index in [1.165, 1.54) is 24.4 Å². The van der Waals surface area contributed by atoms with Gasteiger partial charge in [-0.15, -0.1) is 0 Å². The number of amides is 1. The van der Waals surface area contributed by atoms with Gasteiger partial charge in [-0.1, -0.05) is 6.07 Å². The van der Waals surface area contributed by atoms with Crippen LogP contribution in [0, 0.1) is 5.82 Å². The van der Waals surface area contributed by atoms with Gasteiger partial charge in [-0.3, -0.25) is 4.79 Å². The third-order valence-corrected chi connectivity index (χ3v) is 4.27. The molecule has 2 heterocycles. The Balaban J connectivity index is 1.62. The van der Waals surface area contributed by atoms with Crippen molar-refractivity contribution in [2.45, 2.75) is 13.0 Å². The van der Waals surface area contributed by atoms with Crippen molar-refractivity contribution in [3.05, 3.63) is 53.6 Å². The smallest absolute Gasteiger partial charge is 0.274 e. The Hall–Kier alpha value is -2.81. The molecule has 28 heavy (non-hydrogen) atoms. The zero-order valence-electron chi connectivity index (χ0n) is 15.1. The van der Waals surface area contributed by atoms with Gasteiger partial charge in [0.2, 0.25) is 0 Å². The number of rotatable bonds is 7. The third-order valence-electron chi connectivity index (χ3n) is 4.27. The predicted octanol–water partition coefficient (Wildman–Crippen LogP) is 2.20. The van der Waals surface area contributed by atoms with Gasteiger partial charge in [-0.25, -0.2) is 18.2 Å². The van der Waals surface area contributed by atoms with E-state index in [1.807, 2.05) is 4.90 Å². The summed E-state index contributed by atoms with van der Waals surface area (Å²) in [5.41, 5.74) is 1.01. The maximum Gasteiger partial charge on any atom is 0.274 e. The Labute approximate surface area is 160 Å². The number of carbonyl (C=O) groups is 1. The van der Waals surface area contributed by atoms with Crippen molar-refractivity contribution < 1.29 is 22.7 Å². The summed E-state index contributed by atoms with van der Waals surface area (Å²) in [6.45, 7) is 2.31. The molecular weight excluding hydrogens is 373 g/mol. The second-order valence-corrected chi connectivity index (χ2v) is 6.26. The quantitative estimate of drug-likeness (QED) is 0.754. The van der Waals surface area contributed by atoms with Crippen LogP contribution in [0.5, 0.6) is 5.75 Å². The van der Waals surface area contributed by atoms with Crippen molar-refractivity contribution in [1.82, 2.24) is 15.6 Å². The van der Waals surface area contributed by atoms with E-state index >= 15 is 0 Å². The van der Waals surface area contributed by atoms with E-state index in [4.69, 9.17) is 4.74 Å². The van der Waals surface area contributed by atoms with Crippen LogP contribution in [0.15, 0.2) is 36.5 Å². The van der Waals surface area contributed by atoms with Crippen LogP contribution in [0.2, 0.25) is 0 Å². The lowest BCUT2D eigenvalue weighted by molar-refractivity contribution is 0.0790. The Morgan fingerprint density at radius 1 is 1.29 bits per heavy atom. The van der Waals surface area contributed by atoms with Crippen LogP contribution in [-0.4, -0.2) is 50.1 Å². The number of halogens is 3. The number of anilines is 1. The fourth-order valence-electron chi connectivity index (χ4n) is 2.92. The van der Waals surface area contributed by atoms with Gasteiger partial charge in [0, 0.05) is 38.9 Å². The Morgan fingerprint density at radius 2 is 2.07 bits per heavy atom. The van der Waals surface area contributed by atoms with Gasteiger partial charge in [0.25, 0.3) is 12.3 Å². The molecule has 3 rings (SSSR count). The molecule has 2 N–H and O–H groups in total. The van der Waals surface area contributed by atoms with Crippen LogP contribution in [0.4, 0.5) is 18.9 Å². The largest absolute Gasteiger partial charge is 0.485 e. The van der Waals surface area contributed by atoms with E-state index in [2.05, 4.69) is 15.6 Å². The molecule has 1 aliphatic heterocycles. The Kier molecular flexibility index (Phi) is 6.70. The second kappa shape index (κ2) is 9.41. The standard InChI is InChI=1S/C19H21F3N4O2/c20-14-10-13(3-4-15(14)26-8-6-23-7-9-26)11-25-19(27)18-16(2-1-5-24-18)28-12-17(21)22/h1-5,10,17,23H,6-9,11-12H2,(H,25,27). The SMILES string of the molecule is O=C(NCc1ccc(N2CCNCC2)c(F)c1)c1ncccc1OCC(F)F. The van der Waals surface area contributed by atoms with Crippen molar-refractivity contribution >= 4 is 11.6 Å². The van der Waals surface area contributed by atoms with E-state index in [9.17, 15) is 18.0 Å². The summed E-state index contributed by atoms with van der Waals surface area (Å²) in [4.78, 5) is 18.2. The third kappa shape index (κ3) is 5.13. The monoisotopic (exact) mass is 394 g/mol. The van der Waals surface area contributed by atoms with Crippen LogP contribution in [0.1, 0.15) is 16.1 Å². The fourth-order valence-corrected chi connectivity index (χ4v) is 2.92. The number of hydrogen-bond donors (Lipinski definition) is 2. The number of benzene rings is 1. The topological polar surface area (TPSA) is 66.5 Å². The maximum absolute atomic E-state index is 14.4. The zero-order chi connectivity index (χ0) is 19.9. The molecule has 1 amide bonds. The summed E-state index contributed by atoms with van der Waals surface area (Å²) >= 11 is 0. The second-order valence-electron chi connectivity index (χ2n) is 6.26. The molecule has 1 aromatic heterocycles. The van der Waals surface area contributed by atoms with Crippen LogP contribution < -0.4 is 20.3 Å². The maximum atomic E-state index is 14.4. The highest BCUT2D eigenvalue weighted by atomic mass is 19.3. The molecule has 9 heteroatoms. The van der Waals surface area contributed by atoms with E-state index in [0.717, 1.165) is 26.2 Å². The van der Waals surface area contributed by atoms with Gasteiger partial charge in [0.05, 0.1) is 5.69 Å². The molecule has 0 radical (unpaired) electrons. The number of alkyl halides is 2. The molecule has 6 nitrogen and oxygen atoms in total.